The fraction of sp³-hybridized carbons (Fsp3) is 0.826. The minimum Gasteiger partial charge on any atom is -0.447 e. The normalized spacial score (nSPS) is 11.4. The van der Waals surface area contributed by atoms with Gasteiger partial charge in [0.05, 0.1) is 18.8 Å². The van der Waals surface area contributed by atoms with E-state index in [0.29, 0.717) is 71.4 Å². The number of unbranched alkanes of at least 4 members (excludes halogenated alkanes) is 1. The number of rotatable bonds is 20. The maximum absolute atomic E-state index is 11.8. The molecule has 4 N–H and O–H groups in total. The van der Waals surface area contributed by atoms with Gasteiger partial charge in [0.15, 0.2) is 0 Å². The van der Waals surface area contributed by atoms with Crippen LogP contribution >= 0.6 is 0 Å². The summed E-state index contributed by atoms with van der Waals surface area (Å²) in [4.78, 5) is 38.0. The predicted octanol–water partition coefficient (Wildman–Crippen LogP) is 3.60. The summed E-state index contributed by atoms with van der Waals surface area (Å²) in [6, 6.07) is 0. The van der Waals surface area contributed by atoms with Gasteiger partial charge >= 0.3 is 6.09 Å². The molecule has 0 saturated carbocycles. The summed E-state index contributed by atoms with van der Waals surface area (Å²) in [6.07, 6.45) is 3.17. The SMILES string of the molecule is C.C.C=N.CCCNC(=O)OCC(CC(CC)OO)OCCCC(=O)NCCOCCCC=O. The Morgan fingerprint density at radius 1 is 1.03 bits per heavy atom. The lowest BCUT2D eigenvalue weighted by atomic mass is 10.1. The monoisotopic (exact) mass is 495 g/mol. The van der Waals surface area contributed by atoms with Crippen molar-refractivity contribution in [3.8, 4) is 0 Å². The third-order valence-corrected chi connectivity index (χ3v) is 4.13. The smallest absolute Gasteiger partial charge is 0.407 e. The number of nitrogens with one attached hydrogen (secondary N) is 3. The molecule has 2 atom stereocenters. The van der Waals surface area contributed by atoms with Crippen molar-refractivity contribution in [3.63, 3.8) is 0 Å². The van der Waals surface area contributed by atoms with Gasteiger partial charge in [0.2, 0.25) is 5.91 Å². The van der Waals surface area contributed by atoms with E-state index in [9.17, 15) is 14.4 Å². The van der Waals surface area contributed by atoms with Crippen LogP contribution in [0.2, 0.25) is 0 Å². The maximum atomic E-state index is 11.8. The van der Waals surface area contributed by atoms with Gasteiger partial charge in [-0.3, -0.25) is 10.1 Å². The molecule has 0 spiro atoms. The molecule has 0 rings (SSSR count). The number of hydrogen-bond acceptors (Lipinski definition) is 9. The number of amides is 2. The second kappa shape index (κ2) is 30.9. The zero-order chi connectivity index (χ0) is 24.5. The summed E-state index contributed by atoms with van der Waals surface area (Å²) in [7, 11) is 0. The highest BCUT2D eigenvalue weighted by molar-refractivity contribution is 5.75. The highest BCUT2D eigenvalue weighted by Gasteiger charge is 2.19. The first-order valence-electron chi connectivity index (χ1n) is 11.0. The van der Waals surface area contributed by atoms with Crippen LogP contribution in [0.4, 0.5) is 4.79 Å². The van der Waals surface area contributed by atoms with Crippen LogP contribution in [-0.4, -0.2) is 82.0 Å². The third-order valence-electron chi connectivity index (χ3n) is 4.13. The van der Waals surface area contributed by atoms with Gasteiger partial charge in [0.25, 0.3) is 0 Å². The summed E-state index contributed by atoms with van der Waals surface area (Å²) >= 11 is 0. The number of alkyl carbamates (subject to hydrolysis) is 1. The van der Waals surface area contributed by atoms with Crippen LogP contribution in [0, 0.1) is 5.41 Å². The Morgan fingerprint density at radius 3 is 2.32 bits per heavy atom. The van der Waals surface area contributed by atoms with E-state index in [-0.39, 0.29) is 27.4 Å². The van der Waals surface area contributed by atoms with Crippen LogP contribution in [0.15, 0.2) is 0 Å². The molecule has 0 aromatic carbocycles. The van der Waals surface area contributed by atoms with Crippen molar-refractivity contribution >= 4 is 25.0 Å². The molecule has 2 amide bonds. The van der Waals surface area contributed by atoms with Gasteiger partial charge < -0.3 is 35.0 Å². The molecule has 204 valence electrons. The van der Waals surface area contributed by atoms with Gasteiger partial charge in [-0.25, -0.2) is 9.68 Å². The number of aldehydes is 1. The molecule has 0 radical (unpaired) electrons. The fourth-order valence-electron chi connectivity index (χ4n) is 2.41. The zero-order valence-corrected chi connectivity index (χ0v) is 19.4. The van der Waals surface area contributed by atoms with E-state index in [0.717, 1.165) is 12.7 Å². The molecule has 2 unspecified atom stereocenters. The Morgan fingerprint density at radius 2 is 1.74 bits per heavy atom. The maximum Gasteiger partial charge on any atom is 0.407 e. The van der Waals surface area contributed by atoms with Gasteiger partial charge in [-0.15, -0.1) is 0 Å². The number of carbonyl (C=O) groups excluding carboxylic acids is 3. The Bertz CT molecular complexity index is 465. The Hall–Kier alpha value is -2.08. The summed E-state index contributed by atoms with van der Waals surface area (Å²) in [5.74, 6) is -0.105. The van der Waals surface area contributed by atoms with Crippen molar-refractivity contribution in [2.75, 3.05) is 39.5 Å². The fourth-order valence-corrected chi connectivity index (χ4v) is 2.41. The molecule has 0 saturated heterocycles. The molecule has 11 heteroatoms. The van der Waals surface area contributed by atoms with Crippen molar-refractivity contribution in [1.29, 1.82) is 5.41 Å². The van der Waals surface area contributed by atoms with Crippen molar-refractivity contribution in [3.05, 3.63) is 0 Å². The first-order chi connectivity index (χ1) is 15.6. The molecule has 0 fully saturated rings. The lowest BCUT2D eigenvalue weighted by Crippen LogP contribution is -2.32. The molecule has 0 heterocycles. The second-order valence-corrected chi connectivity index (χ2v) is 6.76. The molecule has 11 nitrogen and oxygen atoms in total. The van der Waals surface area contributed by atoms with Gasteiger partial charge in [-0.05, 0) is 32.4 Å². The molecule has 0 aliphatic carbocycles. The van der Waals surface area contributed by atoms with E-state index in [4.69, 9.17) is 24.9 Å². The van der Waals surface area contributed by atoms with Crippen LogP contribution in [-0.2, 0) is 28.7 Å². The van der Waals surface area contributed by atoms with Crippen LogP contribution in [0.3, 0.4) is 0 Å². The molecule has 34 heavy (non-hydrogen) atoms. The molecule has 0 bridgehead atoms. The topological polar surface area (TPSA) is 156 Å². The summed E-state index contributed by atoms with van der Waals surface area (Å²) < 4.78 is 16.2. The summed E-state index contributed by atoms with van der Waals surface area (Å²) in [5.41, 5.74) is 0. The lowest BCUT2D eigenvalue weighted by Gasteiger charge is -2.21. The molecule has 0 aliphatic rings. The van der Waals surface area contributed by atoms with Gasteiger partial charge in [0, 0.05) is 45.6 Å². The number of ether oxygens (including phenoxy) is 3. The van der Waals surface area contributed by atoms with E-state index in [1.54, 1.807) is 0 Å². The predicted molar refractivity (Wildman–Crippen MR) is 133 cm³/mol. The Labute approximate surface area is 205 Å². The van der Waals surface area contributed by atoms with Crippen LogP contribution in [0.25, 0.3) is 0 Å². The van der Waals surface area contributed by atoms with Crippen molar-refractivity contribution in [1.82, 2.24) is 10.6 Å². The van der Waals surface area contributed by atoms with E-state index in [2.05, 4.69) is 22.2 Å². The Balaban J connectivity index is -0.00000109. The van der Waals surface area contributed by atoms with E-state index < -0.39 is 18.3 Å². The van der Waals surface area contributed by atoms with E-state index >= 15 is 0 Å². The van der Waals surface area contributed by atoms with Crippen LogP contribution < -0.4 is 10.6 Å². The largest absolute Gasteiger partial charge is 0.447 e. The first-order valence-corrected chi connectivity index (χ1v) is 11.0. The minimum absolute atomic E-state index is 0. The average molecular weight is 496 g/mol. The lowest BCUT2D eigenvalue weighted by molar-refractivity contribution is -0.284. The van der Waals surface area contributed by atoms with E-state index in [1.807, 2.05) is 13.8 Å². The average Bonchev–Trinajstić information content (AvgIpc) is 2.82. The molecular weight excluding hydrogens is 446 g/mol. The highest BCUT2D eigenvalue weighted by Crippen LogP contribution is 2.11. The minimum atomic E-state index is -0.517. The van der Waals surface area contributed by atoms with Crippen LogP contribution in [0.1, 0.15) is 73.6 Å². The van der Waals surface area contributed by atoms with Crippen molar-refractivity contribution < 1.29 is 38.7 Å². The Kier molecular flexibility index (Phi) is 35.6. The molecule has 0 aromatic rings. The van der Waals surface area contributed by atoms with Crippen molar-refractivity contribution in [2.24, 2.45) is 0 Å². The number of carbonyl (C=O) groups is 3. The molecular formula is C23H49N3O8. The highest BCUT2D eigenvalue weighted by atomic mass is 17.1. The van der Waals surface area contributed by atoms with Gasteiger partial charge in [0.1, 0.15) is 12.9 Å². The first kappa shape index (κ1) is 39.1. The summed E-state index contributed by atoms with van der Waals surface area (Å²) in [5, 5.41) is 19.8. The standard InChI is InChI=1S/C20H38N2O8.CH3N.2CH4/c1-3-9-22-20(25)29-16-18(15-17(4-2)30-26)28-13-7-8-19(24)21-10-14-27-12-6-5-11-23;1-2;;/h11,17-18,26H,3-10,12-16H2,1-2H3,(H,21,24)(H,22,25);2H,1H2;2*1H4. The molecule has 0 aromatic heterocycles. The zero-order valence-electron chi connectivity index (χ0n) is 19.4. The van der Waals surface area contributed by atoms with Crippen LogP contribution in [0.5, 0.6) is 0 Å². The summed E-state index contributed by atoms with van der Waals surface area (Å²) in [6.45, 7) is 8.49. The third kappa shape index (κ3) is 26.2. The van der Waals surface area contributed by atoms with Crippen molar-refractivity contribution in [2.45, 2.75) is 85.9 Å². The second-order valence-electron chi connectivity index (χ2n) is 6.76. The van der Waals surface area contributed by atoms with Gasteiger partial charge in [-0.1, -0.05) is 28.7 Å². The molecule has 0 aliphatic heterocycles. The quantitative estimate of drug-likeness (QED) is 0.0656. The van der Waals surface area contributed by atoms with Gasteiger partial charge in [-0.2, -0.15) is 0 Å². The number of hydrogen-bond donors (Lipinski definition) is 4. The van der Waals surface area contributed by atoms with E-state index in [1.165, 1.54) is 0 Å².